The van der Waals surface area contributed by atoms with Crippen LogP contribution in [-0.2, 0) is 9.53 Å². The minimum absolute atomic E-state index is 0.341. The molecule has 0 radical (unpaired) electrons. The molecule has 1 fully saturated rings. The smallest absolute Gasteiger partial charge is 0.303 e. The van der Waals surface area contributed by atoms with Crippen molar-refractivity contribution < 1.29 is 14.6 Å². The van der Waals surface area contributed by atoms with Gasteiger partial charge < -0.3 is 9.84 Å². The van der Waals surface area contributed by atoms with Crippen molar-refractivity contribution >= 4 is 5.97 Å². The molecule has 0 atom stereocenters. The number of carboxylic acid groups (broad SMARTS) is 1. The van der Waals surface area contributed by atoms with Crippen LogP contribution in [0.5, 0.6) is 0 Å². The van der Waals surface area contributed by atoms with Crippen molar-refractivity contribution in [2.24, 2.45) is 5.92 Å². The second-order valence-electron chi connectivity index (χ2n) is 8.31. The molecule has 3 nitrogen and oxygen atoms in total. The Labute approximate surface area is 168 Å². The van der Waals surface area contributed by atoms with E-state index in [2.05, 4.69) is 12.2 Å². The van der Waals surface area contributed by atoms with Gasteiger partial charge in [-0.3, -0.25) is 4.79 Å². The molecule has 0 unspecified atom stereocenters. The van der Waals surface area contributed by atoms with Crippen molar-refractivity contribution in [2.75, 3.05) is 13.2 Å². The maximum absolute atomic E-state index is 10.4. The summed E-state index contributed by atoms with van der Waals surface area (Å²) in [5.41, 5.74) is 0. The van der Waals surface area contributed by atoms with Gasteiger partial charge >= 0.3 is 5.97 Å². The van der Waals surface area contributed by atoms with Gasteiger partial charge in [0.2, 0.25) is 0 Å². The summed E-state index contributed by atoms with van der Waals surface area (Å²) in [6, 6.07) is 0. The average Bonchev–Trinajstić information content (AvgIpc) is 2.61. The molecule has 0 saturated carbocycles. The number of ether oxygens (including phenoxy) is 1. The molecule has 1 N–H and O–H groups in total. The quantitative estimate of drug-likeness (QED) is 0.178. The lowest BCUT2D eigenvalue weighted by molar-refractivity contribution is -0.137. The Balaban J connectivity index is 1.64. The van der Waals surface area contributed by atoms with Gasteiger partial charge in [0.15, 0.2) is 0 Å². The zero-order chi connectivity index (χ0) is 19.4. The van der Waals surface area contributed by atoms with E-state index in [1.807, 2.05) is 0 Å². The molecule has 0 aromatic heterocycles. The molecule has 1 rings (SSSR count). The predicted octanol–water partition coefficient (Wildman–Crippen LogP) is 7.30. The zero-order valence-corrected chi connectivity index (χ0v) is 17.6. The van der Waals surface area contributed by atoms with Crippen LogP contribution >= 0.6 is 0 Å². The van der Waals surface area contributed by atoms with Gasteiger partial charge in [-0.2, -0.15) is 0 Å². The molecule has 1 aliphatic heterocycles. The highest BCUT2D eigenvalue weighted by molar-refractivity contribution is 5.66. The van der Waals surface area contributed by atoms with Crippen molar-refractivity contribution in [3.8, 4) is 0 Å². The third-order valence-corrected chi connectivity index (χ3v) is 5.58. The number of unbranched alkanes of at least 4 members (excludes halogenated alkanes) is 16. The molecule has 0 bridgehead atoms. The maximum atomic E-state index is 10.4. The van der Waals surface area contributed by atoms with Crippen molar-refractivity contribution in [3.63, 3.8) is 0 Å². The number of aliphatic carboxylic acids is 1. The van der Waals surface area contributed by atoms with Crippen LogP contribution in [0.15, 0.2) is 12.2 Å². The summed E-state index contributed by atoms with van der Waals surface area (Å²) < 4.78 is 5.17. The van der Waals surface area contributed by atoms with Crippen molar-refractivity contribution in [3.05, 3.63) is 12.2 Å². The highest BCUT2D eigenvalue weighted by atomic mass is 16.5. The first-order valence-corrected chi connectivity index (χ1v) is 11.8. The molecule has 1 saturated heterocycles. The van der Waals surface area contributed by atoms with Crippen LogP contribution in [0.25, 0.3) is 0 Å². The van der Waals surface area contributed by atoms with Crippen molar-refractivity contribution in [1.82, 2.24) is 0 Å². The minimum atomic E-state index is -0.655. The summed E-state index contributed by atoms with van der Waals surface area (Å²) in [4.78, 5) is 10.4. The molecule has 3 heteroatoms. The molecule has 0 amide bonds. The third-order valence-electron chi connectivity index (χ3n) is 5.58. The fraction of sp³-hybridized carbons (Fsp3) is 0.875. The minimum Gasteiger partial charge on any atom is -0.481 e. The van der Waals surface area contributed by atoms with E-state index in [-0.39, 0.29) is 0 Å². The van der Waals surface area contributed by atoms with E-state index in [1.54, 1.807) is 0 Å². The number of hydrogen-bond donors (Lipinski definition) is 1. The molecule has 0 aromatic carbocycles. The zero-order valence-electron chi connectivity index (χ0n) is 17.6. The fourth-order valence-corrected chi connectivity index (χ4v) is 3.67. The van der Waals surface area contributed by atoms with Gasteiger partial charge in [-0.25, -0.2) is 0 Å². The molecule has 0 aromatic rings. The molecule has 0 aliphatic carbocycles. The first-order valence-electron chi connectivity index (χ1n) is 11.8. The number of allylic oxidation sites excluding steroid dienone is 1. The SMILES string of the molecule is O=C(O)CCCCCCCCCCCCCCCCCCC=CC1COC1. The Morgan fingerprint density at radius 2 is 1.11 bits per heavy atom. The number of rotatable bonds is 20. The highest BCUT2D eigenvalue weighted by Gasteiger charge is 2.13. The van der Waals surface area contributed by atoms with Crippen LogP contribution in [0.4, 0.5) is 0 Å². The summed E-state index contributed by atoms with van der Waals surface area (Å²) in [6.45, 7) is 1.87. The van der Waals surface area contributed by atoms with Crippen molar-refractivity contribution in [1.29, 1.82) is 0 Å². The number of hydrogen-bond acceptors (Lipinski definition) is 2. The van der Waals surface area contributed by atoms with Gasteiger partial charge in [0.1, 0.15) is 0 Å². The normalized spacial score (nSPS) is 14.7. The predicted molar refractivity (Wildman–Crippen MR) is 114 cm³/mol. The van der Waals surface area contributed by atoms with E-state index in [1.165, 1.54) is 96.3 Å². The lowest BCUT2D eigenvalue weighted by Gasteiger charge is -2.22. The van der Waals surface area contributed by atoms with Crippen LogP contribution in [0.1, 0.15) is 116 Å². The number of carbonyl (C=O) groups is 1. The van der Waals surface area contributed by atoms with Crippen LogP contribution in [0, 0.1) is 5.92 Å². The maximum Gasteiger partial charge on any atom is 0.303 e. The molecular weight excluding hydrogens is 336 g/mol. The Morgan fingerprint density at radius 3 is 1.48 bits per heavy atom. The summed E-state index contributed by atoms with van der Waals surface area (Å²) in [5.74, 6) is 0.0542. The van der Waals surface area contributed by atoms with Crippen molar-refractivity contribution in [2.45, 2.75) is 116 Å². The third kappa shape index (κ3) is 17.0. The molecule has 0 spiro atoms. The summed E-state index contributed by atoms with van der Waals surface area (Å²) in [6.07, 6.45) is 27.4. The Hall–Kier alpha value is -0.830. The standard InChI is InChI=1S/C24H44O3/c25-24(26)20-18-16-14-12-10-8-6-4-2-1-3-5-7-9-11-13-15-17-19-23-21-27-22-23/h17,19,23H,1-16,18,20-22H2,(H,25,26). The first-order chi connectivity index (χ1) is 13.3. The van der Waals surface area contributed by atoms with Crippen LogP contribution in [0.2, 0.25) is 0 Å². The van der Waals surface area contributed by atoms with Gasteiger partial charge in [0.25, 0.3) is 0 Å². The number of carboxylic acids is 1. The second-order valence-corrected chi connectivity index (χ2v) is 8.31. The Morgan fingerprint density at radius 1 is 0.704 bits per heavy atom. The second kappa shape index (κ2) is 18.5. The Kier molecular flexibility index (Phi) is 16.6. The molecular formula is C24H44O3. The van der Waals surface area contributed by atoms with Gasteiger partial charge in [-0.1, -0.05) is 102 Å². The van der Waals surface area contributed by atoms with E-state index in [4.69, 9.17) is 9.84 Å². The van der Waals surface area contributed by atoms with E-state index in [9.17, 15) is 4.79 Å². The topological polar surface area (TPSA) is 46.5 Å². The summed E-state index contributed by atoms with van der Waals surface area (Å²) >= 11 is 0. The molecule has 27 heavy (non-hydrogen) atoms. The molecule has 158 valence electrons. The monoisotopic (exact) mass is 380 g/mol. The summed E-state index contributed by atoms with van der Waals surface area (Å²) in [5, 5.41) is 8.58. The Bertz CT molecular complexity index is 361. The average molecular weight is 381 g/mol. The van der Waals surface area contributed by atoms with Gasteiger partial charge in [0, 0.05) is 12.3 Å². The first kappa shape index (κ1) is 24.2. The highest BCUT2D eigenvalue weighted by Crippen LogP contribution is 2.15. The summed E-state index contributed by atoms with van der Waals surface area (Å²) in [7, 11) is 0. The van der Waals surface area contributed by atoms with Crippen LogP contribution in [-0.4, -0.2) is 24.3 Å². The van der Waals surface area contributed by atoms with E-state index in [0.29, 0.717) is 12.3 Å². The largest absolute Gasteiger partial charge is 0.481 e. The van der Waals surface area contributed by atoms with Gasteiger partial charge in [0.05, 0.1) is 13.2 Å². The van der Waals surface area contributed by atoms with E-state index in [0.717, 1.165) is 26.1 Å². The lowest BCUT2D eigenvalue weighted by Crippen LogP contribution is -2.25. The van der Waals surface area contributed by atoms with E-state index >= 15 is 0 Å². The van der Waals surface area contributed by atoms with Gasteiger partial charge in [-0.05, 0) is 19.3 Å². The molecule has 1 aliphatic rings. The van der Waals surface area contributed by atoms with Crippen LogP contribution < -0.4 is 0 Å². The van der Waals surface area contributed by atoms with Gasteiger partial charge in [-0.15, -0.1) is 0 Å². The van der Waals surface area contributed by atoms with E-state index < -0.39 is 5.97 Å². The van der Waals surface area contributed by atoms with Crippen LogP contribution in [0.3, 0.4) is 0 Å². The fourth-order valence-electron chi connectivity index (χ4n) is 3.67. The molecule has 1 heterocycles. The lowest BCUT2D eigenvalue weighted by atomic mass is 10.0.